The molecule has 0 aliphatic heterocycles. The molecule has 0 radical (unpaired) electrons. The second-order valence-corrected chi connectivity index (χ2v) is 4.36. The number of hydrogen-bond acceptors (Lipinski definition) is 3. The Balaban J connectivity index is 2.22. The van der Waals surface area contributed by atoms with Crippen molar-refractivity contribution in [3.05, 3.63) is 70.6 Å². The van der Waals surface area contributed by atoms with Crippen molar-refractivity contribution in [2.45, 2.75) is 6.54 Å². The first-order chi connectivity index (χ1) is 9.28. The second-order valence-electron chi connectivity index (χ2n) is 4.36. The van der Waals surface area contributed by atoms with Crippen LogP contribution in [0.1, 0.15) is 5.76 Å². The number of benzene rings is 2. The van der Waals surface area contributed by atoms with Crippen molar-refractivity contribution in [3.63, 3.8) is 0 Å². The Morgan fingerprint density at radius 2 is 1.74 bits per heavy atom. The fourth-order valence-corrected chi connectivity index (χ4v) is 2.12. The van der Waals surface area contributed by atoms with Crippen molar-refractivity contribution in [1.29, 1.82) is 0 Å². The topological polar surface area (TPSA) is 56.2 Å². The predicted molar refractivity (Wildman–Crippen MR) is 75.8 cm³/mol. The summed E-state index contributed by atoms with van der Waals surface area (Å²) in [6, 6.07) is 17.0. The summed E-state index contributed by atoms with van der Waals surface area (Å²) >= 11 is 0. The lowest BCUT2D eigenvalue weighted by atomic mass is 10.0. The molecule has 0 amide bonds. The van der Waals surface area contributed by atoms with Crippen molar-refractivity contribution in [2.24, 2.45) is 5.73 Å². The Hall–Kier alpha value is -2.39. The van der Waals surface area contributed by atoms with E-state index >= 15 is 0 Å². The zero-order chi connectivity index (χ0) is 13.2. The lowest BCUT2D eigenvalue weighted by molar-refractivity contribution is 0.539. The van der Waals surface area contributed by atoms with Crippen LogP contribution >= 0.6 is 0 Å². The summed E-state index contributed by atoms with van der Waals surface area (Å²) in [5, 5.41) is 0.582. The highest BCUT2D eigenvalue weighted by molar-refractivity contribution is 5.83. The highest BCUT2D eigenvalue weighted by Gasteiger charge is 2.06. The molecule has 94 valence electrons. The van der Waals surface area contributed by atoms with E-state index in [0.29, 0.717) is 16.7 Å². The number of fused-ring (bicyclic) bond motifs is 1. The molecule has 3 nitrogen and oxygen atoms in total. The molecule has 3 rings (SSSR count). The predicted octanol–water partition coefficient (Wildman–Crippen LogP) is 2.92. The van der Waals surface area contributed by atoms with Gasteiger partial charge in [-0.1, -0.05) is 36.4 Å². The highest BCUT2D eigenvalue weighted by Crippen LogP contribution is 2.23. The molecule has 0 saturated carbocycles. The molecule has 0 saturated heterocycles. The standard InChI is InChI=1S/C16H13NO2/c17-10-13-9-15(18)14-8-12(6-7-16(14)19-13)11-4-2-1-3-5-11/h1-9H,10,17H2. The lowest BCUT2D eigenvalue weighted by Crippen LogP contribution is -2.05. The maximum absolute atomic E-state index is 12.0. The van der Waals surface area contributed by atoms with E-state index in [1.807, 2.05) is 48.5 Å². The summed E-state index contributed by atoms with van der Waals surface area (Å²) in [5.74, 6) is 0.505. The third-order valence-electron chi connectivity index (χ3n) is 3.09. The van der Waals surface area contributed by atoms with Gasteiger partial charge in [0.1, 0.15) is 11.3 Å². The van der Waals surface area contributed by atoms with Crippen LogP contribution in [0.4, 0.5) is 0 Å². The molecule has 19 heavy (non-hydrogen) atoms. The third kappa shape index (κ3) is 2.16. The van der Waals surface area contributed by atoms with Crippen molar-refractivity contribution in [1.82, 2.24) is 0 Å². The molecule has 3 heteroatoms. The molecule has 0 aliphatic carbocycles. The maximum atomic E-state index is 12.0. The average molecular weight is 251 g/mol. The van der Waals surface area contributed by atoms with Crippen molar-refractivity contribution in [3.8, 4) is 11.1 Å². The Bertz CT molecular complexity index is 776. The van der Waals surface area contributed by atoms with Gasteiger partial charge in [-0.15, -0.1) is 0 Å². The number of hydrogen-bond donors (Lipinski definition) is 1. The van der Waals surface area contributed by atoms with Crippen LogP contribution in [0.3, 0.4) is 0 Å². The summed E-state index contributed by atoms with van der Waals surface area (Å²) in [6.07, 6.45) is 0. The van der Waals surface area contributed by atoms with Crippen LogP contribution in [-0.4, -0.2) is 0 Å². The van der Waals surface area contributed by atoms with Gasteiger partial charge in [0.2, 0.25) is 0 Å². The third-order valence-corrected chi connectivity index (χ3v) is 3.09. The molecule has 1 heterocycles. The molecule has 2 N–H and O–H groups in total. The lowest BCUT2D eigenvalue weighted by Gasteiger charge is -2.04. The Labute approximate surface area is 110 Å². The Morgan fingerprint density at radius 3 is 2.47 bits per heavy atom. The number of nitrogens with two attached hydrogens (primary N) is 1. The minimum absolute atomic E-state index is 0.0560. The highest BCUT2D eigenvalue weighted by atomic mass is 16.3. The first-order valence-electron chi connectivity index (χ1n) is 6.10. The molecule has 0 spiro atoms. The van der Waals surface area contributed by atoms with Crippen LogP contribution < -0.4 is 11.2 Å². The van der Waals surface area contributed by atoms with Crippen molar-refractivity contribution < 1.29 is 4.42 Å². The van der Waals surface area contributed by atoms with Crippen LogP contribution in [0.5, 0.6) is 0 Å². The van der Waals surface area contributed by atoms with Gasteiger partial charge in [-0.25, -0.2) is 0 Å². The first kappa shape index (κ1) is 11.7. The van der Waals surface area contributed by atoms with E-state index in [1.165, 1.54) is 6.07 Å². The van der Waals surface area contributed by atoms with Gasteiger partial charge < -0.3 is 10.2 Å². The Morgan fingerprint density at radius 1 is 0.947 bits per heavy atom. The minimum atomic E-state index is -0.0560. The van der Waals surface area contributed by atoms with E-state index in [4.69, 9.17) is 10.2 Å². The molecule has 1 aromatic heterocycles. The molecular formula is C16H13NO2. The van der Waals surface area contributed by atoms with Gasteiger partial charge in [0, 0.05) is 6.07 Å². The van der Waals surface area contributed by atoms with Crippen LogP contribution in [0.2, 0.25) is 0 Å². The van der Waals surface area contributed by atoms with E-state index in [1.54, 1.807) is 0 Å². The fourth-order valence-electron chi connectivity index (χ4n) is 2.12. The van der Waals surface area contributed by atoms with Crippen LogP contribution in [0.25, 0.3) is 22.1 Å². The minimum Gasteiger partial charge on any atom is -0.459 e. The average Bonchev–Trinajstić information content (AvgIpc) is 2.47. The second kappa shape index (κ2) is 4.71. The summed E-state index contributed by atoms with van der Waals surface area (Å²) < 4.78 is 5.56. The number of rotatable bonds is 2. The van der Waals surface area contributed by atoms with E-state index < -0.39 is 0 Å². The van der Waals surface area contributed by atoms with E-state index in [9.17, 15) is 4.79 Å². The summed E-state index contributed by atoms with van der Waals surface area (Å²) in [4.78, 5) is 12.0. The molecule has 3 aromatic rings. The molecule has 0 bridgehead atoms. The van der Waals surface area contributed by atoms with Gasteiger partial charge in [0.25, 0.3) is 0 Å². The van der Waals surface area contributed by atoms with Gasteiger partial charge in [-0.3, -0.25) is 4.79 Å². The smallest absolute Gasteiger partial charge is 0.193 e. The fraction of sp³-hybridized carbons (Fsp3) is 0.0625. The molecule has 0 unspecified atom stereocenters. The van der Waals surface area contributed by atoms with Gasteiger partial charge >= 0.3 is 0 Å². The largest absolute Gasteiger partial charge is 0.459 e. The molecule has 0 fully saturated rings. The van der Waals surface area contributed by atoms with Gasteiger partial charge in [-0.05, 0) is 23.3 Å². The summed E-state index contributed by atoms with van der Waals surface area (Å²) in [5.41, 5.74) is 8.10. The zero-order valence-electron chi connectivity index (χ0n) is 10.3. The monoisotopic (exact) mass is 251 g/mol. The van der Waals surface area contributed by atoms with Crippen LogP contribution in [0.15, 0.2) is 63.8 Å². The van der Waals surface area contributed by atoms with Crippen LogP contribution in [0, 0.1) is 0 Å². The SMILES string of the molecule is NCc1cc(=O)c2cc(-c3ccccc3)ccc2o1. The van der Waals surface area contributed by atoms with Gasteiger partial charge in [-0.2, -0.15) is 0 Å². The molecule has 0 aliphatic rings. The first-order valence-corrected chi connectivity index (χ1v) is 6.10. The van der Waals surface area contributed by atoms with Gasteiger partial charge in [0.05, 0.1) is 11.9 Å². The normalized spacial score (nSPS) is 10.8. The Kier molecular flexibility index (Phi) is 2.89. The zero-order valence-corrected chi connectivity index (χ0v) is 10.3. The molecular weight excluding hydrogens is 238 g/mol. The summed E-state index contributed by atoms with van der Waals surface area (Å²) in [6.45, 7) is 0.228. The molecule has 2 aromatic carbocycles. The van der Waals surface area contributed by atoms with E-state index in [0.717, 1.165) is 11.1 Å². The van der Waals surface area contributed by atoms with Crippen molar-refractivity contribution >= 4 is 11.0 Å². The maximum Gasteiger partial charge on any atom is 0.193 e. The van der Waals surface area contributed by atoms with E-state index in [-0.39, 0.29) is 12.0 Å². The van der Waals surface area contributed by atoms with E-state index in [2.05, 4.69) is 0 Å². The quantitative estimate of drug-likeness (QED) is 0.761. The van der Waals surface area contributed by atoms with Crippen LogP contribution in [-0.2, 0) is 6.54 Å². The summed E-state index contributed by atoms with van der Waals surface area (Å²) in [7, 11) is 0. The molecule has 0 atom stereocenters. The van der Waals surface area contributed by atoms with Crippen molar-refractivity contribution in [2.75, 3.05) is 0 Å². The van der Waals surface area contributed by atoms with Gasteiger partial charge in [0.15, 0.2) is 5.43 Å².